The lowest BCUT2D eigenvalue weighted by Crippen LogP contribution is -2.39. The number of nitrogens with two attached hydrogens (primary N) is 1. The van der Waals surface area contributed by atoms with Crippen molar-refractivity contribution >= 4 is 5.82 Å². The summed E-state index contributed by atoms with van der Waals surface area (Å²) in [5, 5.41) is 0. The van der Waals surface area contributed by atoms with Gasteiger partial charge in [-0.05, 0) is 39.7 Å². The largest absolute Gasteiger partial charge is 0.308 e. The van der Waals surface area contributed by atoms with Gasteiger partial charge in [-0.2, -0.15) is 0 Å². The lowest BCUT2D eigenvalue weighted by atomic mass is 9.90. The molecule has 98 valence electrons. The van der Waals surface area contributed by atoms with Crippen molar-refractivity contribution in [3.8, 4) is 0 Å². The Hall–Kier alpha value is -1.20. The zero-order valence-electron chi connectivity index (χ0n) is 11.1. The van der Waals surface area contributed by atoms with Crippen LogP contribution in [-0.4, -0.2) is 34.0 Å². The van der Waals surface area contributed by atoms with E-state index in [1.54, 1.807) is 0 Å². The minimum atomic E-state index is 0.491. The summed E-state index contributed by atoms with van der Waals surface area (Å²) in [6, 6.07) is 3.31. The molecule has 1 aromatic heterocycles. The van der Waals surface area contributed by atoms with E-state index in [2.05, 4.69) is 27.3 Å². The number of fused-ring (bicyclic) bond motifs is 2. The Morgan fingerprint density at radius 1 is 1.28 bits per heavy atom. The molecule has 5 nitrogen and oxygen atoms in total. The van der Waals surface area contributed by atoms with Crippen LogP contribution in [0.3, 0.4) is 0 Å². The second-order valence-electron chi connectivity index (χ2n) is 5.62. The molecule has 2 atom stereocenters. The van der Waals surface area contributed by atoms with Gasteiger partial charge in [-0.1, -0.05) is 0 Å². The summed E-state index contributed by atoms with van der Waals surface area (Å²) < 4.78 is 0. The molecule has 2 bridgehead atoms. The summed E-state index contributed by atoms with van der Waals surface area (Å²) >= 11 is 0. The second-order valence-corrected chi connectivity index (χ2v) is 5.62. The first-order chi connectivity index (χ1) is 8.67. The SMILES string of the molecule is Cc1cc(NN)nc(C2CC3CCC(C2)N3C)n1. The molecule has 0 radical (unpaired) electrons. The average molecular weight is 247 g/mol. The number of anilines is 1. The van der Waals surface area contributed by atoms with Crippen molar-refractivity contribution < 1.29 is 0 Å². The lowest BCUT2D eigenvalue weighted by molar-refractivity contribution is 0.159. The standard InChI is InChI=1S/C13H21N5/c1-8-5-12(17-14)16-13(15-8)9-6-10-3-4-11(7-9)18(10)2/h5,9-11H,3-4,6-7,14H2,1-2H3,(H,15,16,17). The quantitative estimate of drug-likeness (QED) is 0.611. The molecule has 0 saturated carbocycles. The highest BCUT2D eigenvalue weighted by molar-refractivity contribution is 5.34. The third-order valence-electron chi connectivity index (χ3n) is 4.48. The van der Waals surface area contributed by atoms with Crippen LogP contribution < -0.4 is 11.3 Å². The Balaban J connectivity index is 1.85. The second kappa shape index (κ2) is 4.48. The molecule has 0 aliphatic carbocycles. The molecule has 18 heavy (non-hydrogen) atoms. The van der Waals surface area contributed by atoms with Crippen LogP contribution in [-0.2, 0) is 0 Å². The predicted molar refractivity (Wildman–Crippen MR) is 71.1 cm³/mol. The molecule has 3 rings (SSSR count). The Kier molecular flexibility index (Phi) is 2.95. The van der Waals surface area contributed by atoms with E-state index in [0.29, 0.717) is 18.0 Å². The van der Waals surface area contributed by atoms with Crippen LogP contribution in [0.15, 0.2) is 6.07 Å². The average Bonchev–Trinajstić information content (AvgIpc) is 2.60. The Labute approximate surface area is 108 Å². The van der Waals surface area contributed by atoms with Gasteiger partial charge >= 0.3 is 0 Å². The molecule has 0 spiro atoms. The van der Waals surface area contributed by atoms with E-state index in [1.165, 1.54) is 25.7 Å². The van der Waals surface area contributed by atoms with Crippen molar-refractivity contribution in [2.75, 3.05) is 12.5 Å². The molecule has 2 aliphatic heterocycles. The van der Waals surface area contributed by atoms with Gasteiger partial charge in [0.15, 0.2) is 0 Å². The van der Waals surface area contributed by atoms with Gasteiger partial charge in [-0.25, -0.2) is 15.8 Å². The number of piperidine rings is 1. The first-order valence-electron chi connectivity index (χ1n) is 6.71. The van der Waals surface area contributed by atoms with Crippen LogP contribution in [0.5, 0.6) is 0 Å². The first kappa shape index (κ1) is 11.9. The Morgan fingerprint density at radius 2 is 1.94 bits per heavy atom. The van der Waals surface area contributed by atoms with Crippen molar-refractivity contribution in [3.63, 3.8) is 0 Å². The molecule has 2 fully saturated rings. The third-order valence-corrected chi connectivity index (χ3v) is 4.48. The number of rotatable bonds is 2. The van der Waals surface area contributed by atoms with Crippen LogP contribution in [0.25, 0.3) is 0 Å². The third kappa shape index (κ3) is 1.97. The first-order valence-corrected chi connectivity index (χ1v) is 6.71. The zero-order valence-corrected chi connectivity index (χ0v) is 11.1. The predicted octanol–water partition coefficient (Wildman–Crippen LogP) is 1.41. The van der Waals surface area contributed by atoms with Crippen LogP contribution >= 0.6 is 0 Å². The number of aryl methyl sites for hydroxylation is 1. The summed E-state index contributed by atoms with van der Waals surface area (Å²) in [6.45, 7) is 2.00. The maximum atomic E-state index is 5.46. The highest BCUT2D eigenvalue weighted by atomic mass is 15.3. The number of nitrogen functional groups attached to an aromatic ring is 1. The Bertz CT molecular complexity index is 433. The van der Waals surface area contributed by atoms with Crippen LogP contribution in [0, 0.1) is 6.92 Å². The van der Waals surface area contributed by atoms with Crippen molar-refractivity contribution in [2.45, 2.75) is 50.6 Å². The number of nitrogens with one attached hydrogen (secondary N) is 1. The van der Waals surface area contributed by atoms with E-state index in [9.17, 15) is 0 Å². The van der Waals surface area contributed by atoms with E-state index in [0.717, 1.165) is 17.3 Å². The number of nitrogens with zero attached hydrogens (tertiary/aromatic N) is 3. The molecule has 1 aromatic rings. The van der Waals surface area contributed by atoms with Crippen molar-refractivity contribution in [1.82, 2.24) is 14.9 Å². The van der Waals surface area contributed by atoms with Crippen molar-refractivity contribution in [2.24, 2.45) is 5.84 Å². The molecule has 2 unspecified atom stereocenters. The zero-order chi connectivity index (χ0) is 12.7. The summed E-state index contributed by atoms with van der Waals surface area (Å²) in [5.74, 6) is 7.64. The van der Waals surface area contributed by atoms with E-state index in [4.69, 9.17) is 5.84 Å². The highest BCUT2D eigenvalue weighted by Gasteiger charge is 2.39. The number of hydrazine groups is 1. The van der Waals surface area contributed by atoms with Gasteiger partial charge in [0.05, 0.1) is 0 Å². The smallest absolute Gasteiger partial charge is 0.143 e. The number of hydrogen-bond acceptors (Lipinski definition) is 5. The topological polar surface area (TPSA) is 67.1 Å². The fraction of sp³-hybridized carbons (Fsp3) is 0.692. The monoisotopic (exact) mass is 247 g/mol. The number of hydrogen-bond donors (Lipinski definition) is 2. The normalized spacial score (nSPS) is 31.6. The molecule has 0 amide bonds. The molecule has 2 aliphatic rings. The summed E-state index contributed by atoms with van der Waals surface area (Å²) in [5.41, 5.74) is 3.62. The minimum absolute atomic E-state index is 0.491. The van der Waals surface area contributed by atoms with Gasteiger partial charge in [0.2, 0.25) is 0 Å². The van der Waals surface area contributed by atoms with E-state index < -0.39 is 0 Å². The summed E-state index contributed by atoms with van der Waals surface area (Å²) in [7, 11) is 2.25. The molecular weight excluding hydrogens is 226 g/mol. The van der Waals surface area contributed by atoms with Gasteiger partial charge in [-0.15, -0.1) is 0 Å². The maximum Gasteiger partial charge on any atom is 0.143 e. The van der Waals surface area contributed by atoms with Gasteiger partial charge < -0.3 is 10.3 Å². The molecule has 5 heteroatoms. The van der Waals surface area contributed by atoms with Crippen LogP contribution in [0.1, 0.15) is 43.1 Å². The Morgan fingerprint density at radius 3 is 2.56 bits per heavy atom. The molecular formula is C13H21N5. The van der Waals surface area contributed by atoms with Crippen molar-refractivity contribution in [1.29, 1.82) is 0 Å². The minimum Gasteiger partial charge on any atom is -0.308 e. The fourth-order valence-electron chi connectivity index (χ4n) is 3.47. The summed E-state index contributed by atoms with van der Waals surface area (Å²) in [6.07, 6.45) is 5.01. The number of aromatic nitrogens is 2. The van der Waals surface area contributed by atoms with Crippen LogP contribution in [0.2, 0.25) is 0 Å². The summed E-state index contributed by atoms with van der Waals surface area (Å²) in [4.78, 5) is 11.7. The molecule has 2 saturated heterocycles. The van der Waals surface area contributed by atoms with Gasteiger partial charge in [0, 0.05) is 29.8 Å². The molecule has 3 N–H and O–H groups in total. The van der Waals surface area contributed by atoms with Crippen molar-refractivity contribution in [3.05, 3.63) is 17.6 Å². The maximum absolute atomic E-state index is 5.46. The van der Waals surface area contributed by atoms with E-state index in [1.807, 2.05) is 13.0 Å². The highest BCUT2D eigenvalue weighted by Crippen LogP contribution is 2.41. The van der Waals surface area contributed by atoms with Gasteiger partial charge in [0.25, 0.3) is 0 Å². The van der Waals surface area contributed by atoms with E-state index in [-0.39, 0.29) is 0 Å². The fourth-order valence-corrected chi connectivity index (χ4v) is 3.47. The molecule has 3 heterocycles. The lowest BCUT2D eigenvalue weighted by Gasteiger charge is -2.35. The van der Waals surface area contributed by atoms with Gasteiger partial charge in [0.1, 0.15) is 11.6 Å². The van der Waals surface area contributed by atoms with E-state index >= 15 is 0 Å². The van der Waals surface area contributed by atoms with Crippen LogP contribution in [0.4, 0.5) is 5.82 Å². The van der Waals surface area contributed by atoms with Gasteiger partial charge in [-0.3, -0.25) is 0 Å². The molecule has 0 aromatic carbocycles.